The van der Waals surface area contributed by atoms with Crippen molar-refractivity contribution in [3.8, 4) is 0 Å². The first kappa shape index (κ1) is 14.7. The largest absolute Gasteiger partial charge is 0.480 e. The van der Waals surface area contributed by atoms with Gasteiger partial charge in [-0.05, 0) is 62.0 Å². The third kappa shape index (κ3) is 4.12. The highest BCUT2D eigenvalue weighted by Gasteiger charge is 2.37. The van der Waals surface area contributed by atoms with Crippen LogP contribution in [-0.4, -0.2) is 59.2 Å². The molecule has 20 heavy (non-hydrogen) atoms. The highest BCUT2D eigenvalue weighted by Crippen LogP contribution is 2.34. The zero-order valence-electron chi connectivity index (χ0n) is 12.1. The average Bonchev–Trinajstić information content (AvgIpc) is 3.00. The van der Waals surface area contributed by atoms with Crippen LogP contribution in [0.5, 0.6) is 0 Å². The maximum atomic E-state index is 11.0. The molecule has 3 fully saturated rings. The van der Waals surface area contributed by atoms with Crippen LogP contribution in [-0.2, 0) is 4.79 Å². The molecule has 2 aliphatic carbocycles. The van der Waals surface area contributed by atoms with Gasteiger partial charge in [0.25, 0.3) is 0 Å². The summed E-state index contributed by atoms with van der Waals surface area (Å²) < 4.78 is 0. The molecule has 0 bridgehead atoms. The molecule has 2 saturated carbocycles. The lowest BCUT2D eigenvalue weighted by Gasteiger charge is -2.43. The summed E-state index contributed by atoms with van der Waals surface area (Å²) in [6.07, 6.45) is 6.23. The van der Waals surface area contributed by atoms with E-state index in [1.165, 1.54) is 30.8 Å². The standard InChI is InChI=1S/C15H26N2O2S/c18-15(19)9-17(8-11-1-2-11)14-5-13(6-14)16-7-12-3-4-20-10-12/h11-14,16H,1-10H2,(H,18,19). The summed E-state index contributed by atoms with van der Waals surface area (Å²) in [5.41, 5.74) is 0. The fourth-order valence-corrected chi connectivity index (χ4v) is 4.56. The number of carbonyl (C=O) groups is 1. The Morgan fingerprint density at radius 2 is 2.05 bits per heavy atom. The van der Waals surface area contributed by atoms with Gasteiger partial charge in [0.05, 0.1) is 6.54 Å². The molecular formula is C15H26N2O2S. The summed E-state index contributed by atoms with van der Waals surface area (Å²) in [7, 11) is 0. The molecule has 1 saturated heterocycles. The molecule has 1 unspecified atom stereocenters. The molecule has 0 aromatic rings. The van der Waals surface area contributed by atoms with Crippen LogP contribution in [0.3, 0.4) is 0 Å². The third-order valence-electron chi connectivity index (χ3n) is 4.88. The van der Waals surface area contributed by atoms with Crippen LogP contribution in [0.1, 0.15) is 32.1 Å². The molecule has 114 valence electrons. The smallest absolute Gasteiger partial charge is 0.317 e. The topological polar surface area (TPSA) is 52.6 Å². The minimum absolute atomic E-state index is 0.229. The van der Waals surface area contributed by atoms with E-state index >= 15 is 0 Å². The van der Waals surface area contributed by atoms with E-state index in [2.05, 4.69) is 22.0 Å². The van der Waals surface area contributed by atoms with E-state index in [0.29, 0.717) is 12.1 Å². The summed E-state index contributed by atoms with van der Waals surface area (Å²) in [4.78, 5) is 13.2. The number of hydrogen-bond donors (Lipinski definition) is 2. The minimum atomic E-state index is -0.676. The Kier molecular flexibility index (Phi) is 4.89. The van der Waals surface area contributed by atoms with Crippen molar-refractivity contribution in [3.63, 3.8) is 0 Å². The van der Waals surface area contributed by atoms with Crippen molar-refractivity contribution in [2.75, 3.05) is 31.1 Å². The molecule has 3 aliphatic rings. The second-order valence-electron chi connectivity index (χ2n) is 6.73. The third-order valence-corrected chi connectivity index (χ3v) is 6.11. The summed E-state index contributed by atoms with van der Waals surface area (Å²) >= 11 is 2.07. The molecule has 3 rings (SSSR count). The van der Waals surface area contributed by atoms with Gasteiger partial charge in [-0.15, -0.1) is 0 Å². The number of carboxylic acids is 1. The van der Waals surface area contributed by atoms with Crippen molar-refractivity contribution in [2.24, 2.45) is 11.8 Å². The fraction of sp³-hybridized carbons (Fsp3) is 0.933. The van der Waals surface area contributed by atoms with Crippen LogP contribution in [0, 0.1) is 11.8 Å². The van der Waals surface area contributed by atoms with Crippen LogP contribution in [0.25, 0.3) is 0 Å². The lowest BCUT2D eigenvalue weighted by Crippen LogP contribution is -2.54. The second kappa shape index (κ2) is 6.67. The predicted octanol–water partition coefficient (Wildman–Crippen LogP) is 1.66. The normalized spacial score (nSPS) is 33.4. The summed E-state index contributed by atoms with van der Waals surface area (Å²) in [5.74, 6) is 3.60. The van der Waals surface area contributed by atoms with Crippen LogP contribution in [0.2, 0.25) is 0 Å². The van der Waals surface area contributed by atoms with Crippen LogP contribution >= 0.6 is 11.8 Å². The Labute approximate surface area is 125 Å². The molecule has 1 atom stereocenters. The molecule has 2 N–H and O–H groups in total. The maximum Gasteiger partial charge on any atom is 0.317 e. The molecule has 0 radical (unpaired) electrons. The van der Waals surface area contributed by atoms with Gasteiger partial charge in [-0.3, -0.25) is 9.69 Å². The highest BCUT2D eigenvalue weighted by atomic mass is 32.2. The lowest BCUT2D eigenvalue weighted by molar-refractivity contribution is -0.139. The molecular weight excluding hydrogens is 272 g/mol. The maximum absolute atomic E-state index is 11.0. The number of thioether (sulfide) groups is 1. The van der Waals surface area contributed by atoms with Crippen molar-refractivity contribution >= 4 is 17.7 Å². The van der Waals surface area contributed by atoms with Crippen molar-refractivity contribution in [2.45, 2.75) is 44.2 Å². The molecule has 1 heterocycles. The number of nitrogens with zero attached hydrogens (tertiary/aromatic N) is 1. The molecule has 0 spiro atoms. The summed E-state index contributed by atoms with van der Waals surface area (Å²) in [6.45, 7) is 2.39. The van der Waals surface area contributed by atoms with E-state index in [4.69, 9.17) is 5.11 Å². The van der Waals surface area contributed by atoms with E-state index in [-0.39, 0.29) is 6.54 Å². The summed E-state index contributed by atoms with van der Waals surface area (Å²) in [6, 6.07) is 1.13. The monoisotopic (exact) mass is 298 g/mol. The van der Waals surface area contributed by atoms with E-state index in [0.717, 1.165) is 37.8 Å². The van der Waals surface area contributed by atoms with Gasteiger partial charge >= 0.3 is 5.97 Å². The lowest BCUT2D eigenvalue weighted by atomic mass is 9.85. The van der Waals surface area contributed by atoms with Gasteiger partial charge in [0, 0.05) is 18.6 Å². The molecule has 0 aromatic heterocycles. The fourth-order valence-electron chi connectivity index (χ4n) is 3.28. The molecule has 4 nitrogen and oxygen atoms in total. The first-order valence-electron chi connectivity index (χ1n) is 7.97. The van der Waals surface area contributed by atoms with Gasteiger partial charge in [0.15, 0.2) is 0 Å². The predicted molar refractivity (Wildman–Crippen MR) is 82.2 cm³/mol. The second-order valence-corrected chi connectivity index (χ2v) is 7.88. The van der Waals surface area contributed by atoms with E-state index in [1.807, 2.05) is 0 Å². The van der Waals surface area contributed by atoms with Gasteiger partial charge in [0.1, 0.15) is 0 Å². The van der Waals surface area contributed by atoms with Crippen molar-refractivity contribution in [1.82, 2.24) is 10.2 Å². The first-order chi connectivity index (χ1) is 9.70. The Hall–Kier alpha value is -0.260. The Morgan fingerprint density at radius 3 is 2.65 bits per heavy atom. The average molecular weight is 298 g/mol. The van der Waals surface area contributed by atoms with Crippen molar-refractivity contribution in [3.05, 3.63) is 0 Å². The number of hydrogen-bond acceptors (Lipinski definition) is 4. The molecule has 1 aliphatic heterocycles. The minimum Gasteiger partial charge on any atom is -0.480 e. The Morgan fingerprint density at radius 1 is 1.25 bits per heavy atom. The van der Waals surface area contributed by atoms with Gasteiger partial charge in [-0.25, -0.2) is 0 Å². The van der Waals surface area contributed by atoms with Gasteiger partial charge < -0.3 is 10.4 Å². The van der Waals surface area contributed by atoms with E-state index < -0.39 is 5.97 Å². The van der Waals surface area contributed by atoms with Crippen LogP contribution in [0.4, 0.5) is 0 Å². The van der Waals surface area contributed by atoms with Gasteiger partial charge in [0.2, 0.25) is 0 Å². The number of rotatable bonds is 8. The van der Waals surface area contributed by atoms with E-state index in [1.54, 1.807) is 0 Å². The number of carboxylic acid groups (broad SMARTS) is 1. The zero-order valence-corrected chi connectivity index (χ0v) is 12.9. The summed E-state index contributed by atoms with van der Waals surface area (Å²) in [5, 5.41) is 12.7. The van der Waals surface area contributed by atoms with Crippen molar-refractivity contribution in [1.29, 1.82) is 0 Å². The quantitative estimate of drug-likeness (QED) is 0.714. The number of nitrogens with one attached hydrogen (secondary N) is 1. The Balaban J connectivity index is 1.36. The van der Waals surface area contributed by atoms with Gasteiger partial charge in [-0.2, -0.15) is 11.8 Å². The molecule has 0 amide bonds. The first-order valence-corrected chi connectivity index (χ1v) is 9.13. The van der Waals surface area contributed by atoms with Crippen LogP contribution in [0.15, 0.2) is 0 Å². The zero-order chi connectivity index (χ0) is 13.9. The van der Waals surface area contributed by atoms with E-state index in [9.17, 15) is 4.79 Å². The van der Waals surface area contributed by atoms with Crippen LogP contribution < -0.4 is 5.32 Å². The highest BCUT2D eigenvalue weighted by molar-refractivity contribution is 7.99. The molecule has 5 heteroatoms. The van der Waals surface area contributed by atoms with Gasteiger partial charge in [-0.1, -0.05) is 0 Å². The Bertz CT molecular complexity index is 337. The van der Waals surface area contributed by atoms with Crippen molar-refractivity contribution < 1.29 is 9.90 Å². The SMILES string of the molecule is O=C(O)CN(CC1CC1)C1CC(NCC2CCSC2)C1. The number of aliphatic carboxylic acids is 1. The molecule has 0 aromatic carbocycles.